The number of guanidine groups is 1. The third-order valence-electron chi connectivity index (χ3n) is 4.24. The van der Waals surface area contributed by atoms with Gasteiger partial charge in [-0.05, 0) is 43.7 Å². The highest BCUT2D eigenvalue weighted by Gasteiger charge is 2.25. The fraction of sp³-hybridized carbons (Fsp3) is 0.611. The van der Waals surface area contributed by atoms with Gasteiger partial charge in [0.15, 0.2) is 5.96 Å². The van der Waals surface area contributed by atoms with E-state index >= 15 is 0 Å². The lowest BCUT2D eigenvalue weighted by molar-refractivity contribution is 0.346. The van der Waals surface area contributed by atoms with E-state index in [2.05, 4.69) is 21.9 Å². The van der Waals surface area contributed by atoms with Crippen LogP contribution in [0.5, 0.6) is 0 Å². The van der Waals surface area contributed by atoms with Gasteiger partial charge in [0.2, 0.25) is 10.0 Å². The Morgan fingerprint density at radius 3 is 2.46 bits per heavy atom. The number of thioether (sulfide) groups is 1. The van der Waals surface area contributed by atoms with E-state index in [0.29, 0.717) is 24.5 Å². The Labute approximate surface area is 161 Å². The molecule has 0 radical (unpaired) electrons. The summed E-state index contributed by atoms with van der Waals surface area (Å²) in [7, 11) is -3.36. The number of hydrogen-bond acceptors (Lipinski definition) is 4. The van der Waals surface area contributed by atoms with Crippen molar-refractivity contribution in [1.82, 2.24) is 14.9 Å². The van der Waals surface area contributed by atoms with Crippen molar-refractivity contribution in [3.8, 4) is 0 Å². The van der Waals surface area contributed by atoms with Crippen LogP contribution in [-0.4, -0.2) is 56.9 Å². The molecule has 1 saturated heterocycles. The van der Waals surface area contributed by atoms with Crippen LogP contribution in [-0.2, 0) is 16.6 Å². The van der Waals surface area contributed by atoms with Gasteiger partial charge in [0.25, 0.3) is 0 Å². The number of sulfonamides is 1. The molecular formula is C18H30N4O2S2. The van der Waals surface area contributed by atoms with Crippen molar-refractivity contribution >= 4 is 27.7 Å². The highest BCUT2D eigenvalue weighted by molar-refractivity contribution is 7.98. The summed E-state index contributed by atoms with van der Waals surface area (Å²) in [5.74, 6) is 1.81. The van der Waals surface area contributed by atoms with E-state index in [4.69, 9.17) is 0 Å². The smallest absolute Gasteiger partial charge is 0.243 e. The molecule has 0 bridgehead atoms. The minimum Gasteiger partial charge on any atom is -0.357 e. The zero-order chi connectivity index (χ0) is 18.8. The normalized spacial score (nSPS) is 16.5. The Bertz CT molecular complexity index is 669. The van der Waals surface area contributed by atoms with Gasteiger partial charge in [-0.15, -0.1) is 0 Å². The van der Waals surface area contributed by atoms with E-state index in [0.717, 1.165) is 49.6 Å². The van der Waals surface area contributed by atoms with E-state index in [1.165, 1.54) is 0 Å². The van der Waals surface area contributed by atoms with Crippen molar-refractivity contribution in [2.45, 2.75) is 37.6 Å². The first-order valence-electron chi connectivity index (χ1n) is 9.18. The fourth-order valence-electron chi connectivity index (χ4n) is 2.80. The number of benzene rings is 1. The molecule has 146 valence electrons. The summed E-state index contributed by atoms with van der Waals surface area (Å²) >= 11 is 1.79. The van der Waals surface area contributed by atoms with Crippen molar-refractivity contribution in [1.29, 1.82) is 0 Å². The quantitative estimate of drug-likeness (QED) is 0.399. The summed E-state index contributed by atoms with van der Waals surface area (Å²) in [6, 6.07) is 7.10. The average molecular weight is 399 g/mol. The molecule has 0 unspecified atom stereocenters. The average Bonchev–Trinajstić information content (AvgIpc) is 2.67. The zero-order valence-electron chi connectivity index (χ0n) is 15.7. The first kappa shape index (κ1) is 21.1. The molecule has 0 amide bonds. The number of hydrogen-bond donors (Lipinski definition) is 2. The molecule has 1 fully saturated rings. The first-order valence-corrected chi connectivity index (χ1v) is 12.0. The molecule has 2 rings (SSSR count). The molecular weight excluding hydrogens is 368 g/mol. The van der Waals surface area contributed by atoms with Crippen LogP contribution < -0.4 is 10.6 Å². The maximum atomic E-state index is 12.7. The Morgan fingerprint density at radius 1 is 1.15 bits per heavy atom. The predicted octanol–water partition coefficient (Wildman–Crippen LogP) is 2.28. The van der Waals surface area contributed by atoms with Gasteiger partial charge in [-0.25, -0.2) is 13.4 Å². The minimum atomic E-state index is -3.36. The van der Waals surface area contributed by atoms with E-state index < -0.39 is 10.0 Å². The van der Waals surface area contributed by atoms with Gasteiger partial charge in [0.05, 0.1) is 11.4 Å². The van der Waals surface area contributed by atoms with E-state index in [-0.39, 0.29) is 0 Å². The second-order valence-electron chi connectivity index (χ2n) is 6.22. The van der Waals surface area contributed by atoms with E-state index in [9.17, 15) is 8.42 Å². The largest absolute Gasteiger partial charge is 0.357 e. The molecule has 1 aliphatic heterocycles. The van der Waals surface area contributed by atoms with Gasteiger partial charge in [-0.3, -0.25) is 0 Å². The van der Waals surface area contributed by atoms with Crippen LogP contribution in [0.2, 0.25) is 0 Å². The van der Waals surface area contributed by atoms with E-state index in [1.807, 2.05) is 19.1 Å². The number of nitrogens with zero attached hydrogens (tertiary/aromatic N) is 2. The summed E-state index contributed by atoms with van der Waals surface area (Å²) in [6.45, 7) is 5.47. The zero-order valence-corrected chi connectivity index (χ0v) is 17.3. The van der Waals surface area contributed by atoms with E-state index in [1.54, 1.807) is 28.2 Å². The molecule has 0 aromatic heterocycles. The SMILES string of the molecule is CCNC(=NCc1ccc(S(=O)(=O)N2CCCCC2)cc1)NCCSC. The van der Waals surface area contributed by atoms with Gasteiger partial charge in [0, 0.05) is 31.9 Å². The number of piperidine rings is 1. The van der Waals surface area contributed by atoms with Crippen LogP contribution in [0.15, 0.2) is 34.2 Å². The summed E-state index contributed by atoms with van der Waals surface area (Å²) < 4.78 is 26.9. The molecule has 6 nitrogen and oxygen atoms in total. The molecule has 1 aliphatic rings. The van der Waals surface area contributed by atoms with Crippen molar-refractivity contribution < 1.29 is 8.42 Å². The first-order chi connectivity index (χ1) is 12.6. The van der Waals surface area contributed by atoms with Gasteiger partial charge in [0.1, 0.15) is 0 Å². The molecule has 0 spiro atoms. The topological polar surface area (TPSA) is 73.8 Å². The Morgan fingerprint density at radius 2 is 1.85 bits per heavy atom. The molecule has 1 aromatic rings. The lowest BCUT2D eigenvalue weighted by Crippen LogP contribution is -2.38. The molecule has 1 aromatic carbocycles. The van der Waals surface area contributed by atoms with Crippen LogP contribution in [0.3, 0.4) is 0 Å². The maximum Gasteiger partial charge on any atom is 0.243 e. The summed E-state index contributed by atoms with van der Waals surface area (Å²) in [5.41, 5.74) is 0.990. The molecule has 2 N–H and O–H groups in total. The molecule has 0 atom stereocenters. The molecule has 26 heavy (non-hydrogen) atoms. The second-order valence-corrected chi connectivity index (χ2v) is 9.15. The lowest BCUT2D eigenvalue weighted by atomic mass is 10.2. The molecule has 1 heterocycles. The van der Waals surface area contributed by atoms with Crippen molar-refractivity contribution in [2.24, 2.45) is 4.99 Å². The summed E-state index contributed by atoms with van der Waals surface area (Å²) in [4.78, 5) is 4.93. The van der Waals surface area contributed by atoms with Gasteiger partial charge in [-0.2, -0.15) is 16.1 Å². The van der Waals surface area contributed by atoms with Crippen molar-refractivity contribution in [3.05, 3.63) is 29.8 Å². The molecule has 8 heteroatoms. The second kappa shape index (κ2) is 10.8. The van der Waals surface area contributed by atoms with Gasteiger partial charge in [-0.1, -0.05) is 18.6 Å². The number of aliphatic imine (C=N–C) groups is 1. The van der Waals surface area contributed by atoms with Crippen molar-refractivity contribution in [2.75, 3.05) is 38.2 Å². The molecule has 0 saturated carbocycles. The summed E-state index contributed by atoms with van der Waals surface area (Å²) in [6.07, 6.45) is 5.08. The predicted molar refractivity (Wildman–Crippen MR) is 110 cm³/mol. The summed E-state index contributed by atoms with van der Waals surface area (Å²) in [5, 5.41) is 6.50. The fourth-order valence-corrected chi connectivity index (χ4v) is 4.63. The monoisotopic (exact) mass is 398 g/mol. The van der Waals surface area contributed by atoms with Gasteiger partial charge >= 0.3 is 0 Å². The lowest BCUT2D eigenvalue weighted by Gasteiger charge is -2.25. The van der Waals surface area contributed by atoms with Crippen LogP contribution in [0.4, 0.5) is 0 Å². The Hall–Kier alpha value is -1.25. The molecule has 0 aliphatic carbocycles. The Kier molecular flexibility index (Phi) is 8.74. The van der Waals surface area contributed by atoms with Crippen LogP contribution in [0.25, 0.3) is 0 Å². The Balaban J connectivity index is 2.00. The number of nitrogens with one attached hydrogen (secondary N) is 2. The third-order valence-corrected chi connectivity index (χ3v) is 6.76. The minimum absolute atomic E-state index is 0.372. The highest BCUT2D eigenvalue weighted by atomic mass is 32.2. The van der Waals surface area contributed by atoms with Crippen LogP contribution in [0, 0.1) is 0 Å². The highest BCUT2D eigenvalue weighted by Crippen LogP contribution is 2.21. The maximum absolute atomic E-state index is 12.7. The van der Waals surface area contributed by atoms with Crippen molar-refractivity contribution in [3.63, 3.8) is 0 Å². The third kappa shape index (κ3) is 6.17. The van der Waals surface area contributed by atoms with Crippen LogP contribution >= 0.6 is 11.8 Å². The standard InChI is InChI=1S/C18H30N4O2S2/c1-3-19-18(20-11-14-25-2)21-15-16-7-9-17(10-8-16)26(23,24)22-12-5-4-6-13-22/h7-10H,3-6,11-15H2,1-2H3,(H2,19,20,21). The van der Waals surface area contributed by atoms with Crippen LogP contribution in [0.1, 0.15) is 31.7 Å². The van der Waals surface area contributed by atoms with Gasteiger partial charge < -0.3 is 10.6 Å². The number of rotatable bonds is 8.